The second-order valence-electron chi connectivity index (χ2n) is 8.24. The van der Waals surface area contributed by atoms with E-state index in [9.17, 15) is 4.79 Å². The summed E-state index contributed by atoms with van der Waals surface area (Å²) < 4.78 is 11.5. The Morgan fingerprint density at radius 3 is 2.67 bits per heavy atom. The monoisotopic (exact) mass is 515 g/mol. The molecule has 0 unspecified atom stereocenters. The Labute approximate surface area is 218 Å². The number of benzene rings is 3. The van der Waals surface area contributed by atoms with Gasteiger partial charge in [-0.1, -0.05) is 83.5 Å². The van der Waals surface area contributed by atoms with Crippen LogP contribution < -0.4 is 9.47 Å². The predicted molar refractivity (Wildman–Crippen MR) is 146 cm³/mol. The summed E-state index contributed by atoms with van der Waals surface area (Å²) in [6, 6.07) is 21.2. The third-order valence-corrected chi connectivity index (χ3v) is 6.82. The Hall–Kier alpha value is -3.81. The average Bonchev–Trinajstić information content (AvgIpc) is 3.30. The second kappa shape index (κ2) is 10.0. The fourth-order valence-electron chi connectivity index (χ4n) is 4.00. The fourth-order valence-corrected chi connectivity index (χ4v) is 5.16. The molecule has 1 N–H and O–H groups in total. The van der Waals surface area contributed by atoms with Crippen LogP contribution in [0.5, 0.6) is 11.5 Å². The van der Waals surface area contributed by atoms with Crippen molar-refractivity contribution in [3.8, 4) is 11.5 Å². The highest BCUT2D eigenvalue weighted by Gasteiger charge is 2.36. The number of carbonyl (C=O) groups excluding carboxylic acids is 1. The van der Waals surface area contributed by atoms with Gasteiger partial charge in [0.15, 0.2) is 16.7 Å². The van der Waals surface area contributed by atoms with Gasteiger partial charge in [-0.15, -0.1) is 0 Å². The summed E-state index contributed by atoms with van der Waals surface area (Å²) in [4.78, 5) is 18.7. The van der Waals surface area contributed by atoms with Gasteiger partial charge in [0, 0.05) is 5.41 Å². The molecular weight excluding hydrogens is 494 g/mol. The molecule has 36 heavy (non-hydrogen) atoms. The summed E-state index contributed by atoms with van der Waals surface area (Å²) in [6.07, 6.45) is 1.61. The SMILES string of the molecule is COc1cc(/C=C2\C(=N)N3C(c4ccccc4)=CSC3=NC2=O)cc(Cl)c1OCc1cccc(C)c1. The van der Waals surface area contributed by atoms with Gasteiger partial charge in [0.05, 0.1) is 23.4 Å². The van der Waals surface area contributed by atoms with Crippen LogP contribution in [0.3, 0.4) is 0 Å². The van der Waals surface area contributed by atoms with Crippen LogP contribution in [0.25, 0.3) is 11.8 Å². The first kappa shape index (κ1) is 23.9. The van der Waals surface area contributed by atoms with Crippen LogP contribution in [0, 0.1) is 12.3 Å². The molecule has 0 saturated carbocycles. The van der Waals surface area contributed by atoms with Crippen molar-refractivity contribution in [2.24, 2.45) is 4.99 Å². The second-order valence-corrected chi connectivity index (χ2v) is 9.48. The summed E-state index contributed by atoms with van der Waals surface area (Å²) in [6.45, 7) is 2.36. The van der Waals surface area contributed by atoms with Crippen molar-refractivity contribution in [1.82, 2.24) is 4.90 Å². The minimum absolute atomic E-state index is 0.0555. The minimum atomic E-state index is -0.476. The zero-order valence-corrected chi connectivity index (χ0v) is 21.2. The number of amides is 1. The number of methoxy groups -OCH3 is 1. The summed E-state index contributed by atoms with van der Waals surface area (Å²) in [5.74, 6) is 0.428. The number of carbonyl (C=O) groups is 1. The van der Waals surface area contributed by atoms with Gasteiger partial charge in [-0.3, -0.25) is 15.1 Å². The number of thioether (sulfide) groups is 1. The molecule has 1 amide bonds. The van der Waals surface area contributed by atoms with E-state index in [1.165, 1.54) is 18.9 Å². The Kier molecular flexibility index (Phi) is 6.67. The van der Waals surface area contributed by atoms with Crippen LogP contribution in [0.1, 0.15) is 22.3 Å². The highest BCUT2D eigenvalue weighted by atomic mass is 35.5. The van der Waals surface area contributed by atoms with E-state index in [-0.39, 0.29) is 11.4 Å². The highest BCUT2D eigenvalue weighted by molar-refractivity contribution is 8.17. The molecule has 2 aliphatic heterocycles. The zero-order chi connectivity index (χ0) is 25.2. The summed E-state index contributed by atoms with van der Waals surface area (Å²) in [5.41, 5.74) is 4.66. The molecule has 5 rings (SSSR count). The average molecular weight is 516 g/mol. The normalized spacial score (nSPS) is 16.1. The van der Waals surface area contributed by atoms with Crippen molar-refractivity contribution in [2.45, 2.75) is 13.5 Å². The Bertz CT molecular complexity index is 1460. The van der Waals surface area contributed by atoms with Crippen LogP contribution in [0.2, 0.25) is 5.02 Å². The van der Waals surface area contributed by atoms with Crippen molar-refractivity contribution >= 4 is 52.0 Å². The summed E-state index contributed by atoms with van der Waals surface area (Å²) >= 11 is 7.90. The van der Waals surface area contributed by atoms with E-state index in [1.54, 1.807) is 23.1 Å². The number of halogens is 1. The van der Waals surface area contributed by atoms with Crippen molar-refractivity contribution in [3.63, 3.8) is 0 Å². The quantitative estimate of drug-likeness (QED) is 0.377. The maximum Gasteiger partial charge on any atom is 0.283 e. The van der Waals surface area contributed by atoms with Gasteiger partial charge in [-0.2, -0.15) is 4.99 Å². The molecule has 0 saturated heterocycles. The van der Waals surface area contributed by atoms with Gasteiger partial charge in [0.25, 0.3) is 5.91 Å². The van der Waals surface area contributed by atoms with E-state index in [0.29, 0.717) is 33.9 Å². The highest BCUT2D eigenvalue weighted by Crippen LogP contribution is 2.40. The maximum absolute atomic E-state index is 12.8. The zero-order valence-electron chi connectivity index (χ0n) is 19.6. The number of amidine groups is 2. The Morgan fingerprint density at radius 1 is 1.11 bits per heavy atom. The molecule has 0 spiro atoms. The predicted octanol–water partition coefficient (Wildman–Crippen LogP) is 6.54. The van der Waals surface area contributed by atoms with Crippen LogP contribution in [-0.2, 0) is 11.4 Å². The molecule has 0 aromatic heterocycles. The lowest BCUT2D eigenvalue weighted by Gasteiger charge is -2.27. The topological polar surface area (TPSA) is 75.0 Å². The lowest BCUT2D eigenvalue weighted by molar-refractivity contribution is -0.114. The third kappa shape index (κ3) is 4.67. The molecular formula is C28H22ClN3O3S. The molecule has 0 bridgehead atoms. The Balaban J connectivity index is 1.44. The number of hydrogen-bond acceptors (Lipinski definition) is 5. The van der Waals surface area contributed by atoms with Crippen LogP contribution in [-0.4, -0.2) is 28.9 Å². The molecule has 8 heteroatoms. The van der Waals surface area contributed by atoms with Crippen LogP contribution in [0.4, 0.5) is 0 Å². The van der Waals surface area contributed by atoms with E-state index < -0.39 is 5.91 Å². The number of aliphatic imine (C=N–C) groups is 1. The van der Waals surface area contributed by atoms with E-state index >= 15 is 0 Å². The van der Waals surface area contributed by atoms with Gasteiger partial charge in [-0.25, -0.2) is 0 Å². The fraction of sp³-hybridized carbons (Fsp3) is 0.107. The Morgan fingerprint density at radius 2 is 1.92 bits per heavy atom. The van der Waals surface area contributed by atoms with Gasteiger partial charge < -0.3 is 9.47 Å². The number of ether oxygens (including phenoxy) is 2. The number of fused-ring (bicyclic) bond motifs is 1. The maximum atomic E-state index is 12.8. The van der Waals surface area contributed by atoms with Gasteiger partial charge in [0.2, 0.25) is 0 Å². The molecule has 0 atom stereocenters. The number of nitrogens with zero attached hydrogens (tertiary/aromatic N) is 2. The van der Waals surface area contributed by atoms with E-state index in [1.807, 2.05) is 66.9 Å². The van der Waals surface area contributed by atoms with Gasteiger partial charge in [0.1, 0.15) is 12.4 Å². The third-order valence-electron chi connectivity index (χ3n) is 5.71. The van der Waals surface area contributed by atoms with Crippen molar-refractivity contribution < 1.29 is 14.3 Å². The molecule has 3 aromatic carbocycles. The van der Waals surface area contributed by atoms with E-state index in [2.05, 4.69) is 4.99 Å². The molecule has 2 heterocycles. The van der Waals surface area contributed by atoms with Crippen LogP contribution in [0.15, 0.2) is 82.7 Å². The standard InChI is InChI=1S/C28H22ClN3O3S/c1-17-7-6-8-18(11-17)15-35-25-22(29)13-19(14-24(25)34-2)12-21-26(30)32-23(20-9-4-3-5-10-20)16-36-28(32)31-27(21)33/h3-14,16,30H,15H2,1-2H3/b21-12+,30-26?. The molecule has 180 valence electrons. The molecule has 6 nitrogen and oxygen atoms in total. The number of rotatable bonds is 6. The largest absolute Gasteiger partial charge is 0.493 e. The van der Waals surface area contributed by atoms with E-state index in [4.69, 9.17) is 26.5 Å². The molecule has 3 aromatic rings. The van der Waals surface area contributed by atoms with Crippen molar-refractivity contribution in [2.75, 3.05) is 7.11 Å². The minimum Gasteiger partial charge on any atom is -0.493 e. The summed E-state index contributed by atoms with van der Waals surface area (Å²) in [7, 11) is 1.53. The van der Waals surface area contributed by atoms with Crippen LogP contribution >= 0.6 is 23.4 Å². The van der Waals surface area contributed by atoms with E-state index in [0.717, 1.165) is 22.4 Å². The molecule has 0 fully saturated rings. The lowest BCUT2D eigenvalue weighted by atomic mass is 10.1. The first-order valence-electron chi connectivity index (χ1n) is 11.2. The molecule has 2 aliphatic rings. The molecule has 0 radical (unpaired) electrons. The first-order valence-corrected chi connectivity index (χ1v) is 12.4. The lowest BCUT2D eigenvalue weighted by Crippen LogP contribution is -2.38. The van der Waals surface area contributed by atoms with Crippen molar-refractivity contribution in [3.05, 3.63) is 105 Å². The summed E-state index contributed by atoms with van der Waals surface area (Å²) in [5, 5.41) is 11.5. The number of hydrogen-bond donors (Lipinski definition) is 1. The number of nitrogens with one attached hydrogen (secondary N) is 1. The smallest absolute Gasteiger partial charge is 0.283 e. The molecule has 0 aliphatic carbocycles. The number of aryl methyl sites for hydroxylation is 1. The first-order chi connectivity index (χ1) is 17.4. The van der Waals surface area contributed by atoms with Gasteiger partial charge >= 0.3 is 0 Å². The van der Waals surface area contributed by atoms with Crippen molar-refractivity contribution in [1.29, 1.82) is 5.41 Å². The van der Waals surface area contributed by atoms with Gasteiger partial charge in [-0.05, 0) is 41.8 Å².